The molecule has 1 saturated carbocycles. The summed E-state index contributed by atoms with van der Waals surface area (Å²) in [5.74, 6) is -1.42. The summed E-state index contributed by atoms with van der Waals surface area (Å²) in [5.41, 5.74) is 4.93. The van der Waals surface area contributed by atoms with Crippen molar-refractivity contribution in [3.05, 3.63) is 39.7 Å². The molecule has 0 heterocycles. The summed E-state index contributed by atoms with van der Waals surface area (Å²) >= 11 is 0. The van der Waals surface area contributed by atoms with Gasteiger partial charge in [0.25, 0.3) is 11.6 Å². The van der Waals surface area contributed by atoms with Crippen LogP contribution in [0, 0.1) is 15.9 Å². The lowest BCUT2D eigenvalue weighted by Crippen LogP contribution is -2.50. The summed E-state index contributed by atoms with van der Waals surface area (Å²) in [4.78, 5) is 21.6. The molecule has 1 amide bonds. The topological polar surface area (TPSA) is 98.3 Å². The van der Waals surface area contributed by atoms with Crippen molar-refractivity contribution < 1.29 is 14.1 Å². The van der Waals surface area contributed by atoms with Crippen molar-refractivity contribution in [2.45, 2.75) is 24.9 Å². The van der Waals surface area contributed by atoms with E-state index in [-0.39, 0.29) is 23.3 Å². The number of nitro benzene ring substituents is 1. The lowest BCUT2D eigenvalue weighted by Gasteiger charge is -2.32. The van der Waals surface area contributed by atoms with E-state index in [0.717, 1.165) is 18.2 Å². The first kappa shape index (κ1) is 12.4. The van der Waals surface area contributed by atoms with Gasteiger partial charge >= 0.3 is 0 Å². The van der Waals surface area contributed by atoms with Gasteiger partial charge in [0.05, 0.1) is 10.5 Å². The number of nitrogens with zero attached hydrogens (tertiary/aromatic N) is 1. The number of non-ortho nitro benzene ring substituents is 1. The molecule has 96 valence electrons. The standard InChI is InChI=1S/C11H12FN3O3/c12-10-2-1-8(15(17)18)5-9(10)11(16)14-7-3-6(13)4-7/h1-2,5-7H,3-4,13H2,(H,14,16). The molecule has 1 fully saturated rings. The molecule has 0 spiro atoms. The zero-order valence-electron chi connectivity index (χ0n) is 9.43. The van der Waals surface area contributed by atoms with Gasteiger partial charge in [-0.3, -0.25) is 14.9 Å². The quantitative estimate of drug-likeness (QED) is 0.619. The molecular formula is C11H12FN3O3. The molecule has 6 nitrogen and oxygen atoms in total. The molecule has 0 aromatic heterocycles. The highest BCUT2D eigenvalue weighted by Crippen LogP contribution is 2.20. The zero-order chi connectivity index (χ0) is 13.3. The maximum atomic E-state index is 13.4. The smallest absolute Gasteiger partial charge is 0.270 e. The van der Waals surface area contributed by atoms with E-state index in [9.17, 15) is 19.3 Å². The van der Waals surface area contributed by atoms with Crippen LogP contribution in [0.4, 0.5) is 10.1 Å². The number of nitro groups is 1. The first-order valence-electron chi connectivity index (χ1n) is 5.47. The molecule has 0 radical (unpaired) electrons. The molecule has 0 unspecified atom stereocenters. The highest BCUT2D eigenvalue weighted by molar-refractivity contribution is 5.95. The SMILES string of the molecule is NC1CC(NC(=O)c2cc([N+](=O)[O-])ccc2F)C1. The molecule has 1 aliphatic carbocycles. The summed E-state index contributed by atoms with van der Waals surface area (Å²) in [6.45, 7) is 0. The maximum Gasteiger partial charge on any atom is 0.270 e. The average molecular weight is 253 g/mol. The number of hydrogen-bond acceptors (Lipinski definition) is 4. The van der Waals surface area contributed by atoms with Crippen molar-refractivity contribution in [2.24, 2.45) is 5.73 Å². The van der Waals surface area contributed by atoms with Crippen LogP contribution in [0.15, 0.2) is 18.2 Å². The maximum absolute atomic E-state index is 13.4. The number of carbonyl (C=O) groups excluding carboxylic acids is 1. The van der Waals surface area contributed by atoms with Crippen molar-refractivity contribution >= 4 is 11.6 Å². The van der Waals surface area contributed by atoms with Crippen molar-refractivity contribution in [1.29, 1.82) is 0 Å². The first-order valence-corrected chi connectivity index (χ1v) is 5.47. The van der Waals surface area contributed by atoms with Crippen LogP contribution in [0.2, 0.25) is 0 Å². The Morgan fingerprint density at radius 3 is 2.72 bits per heavy atom. The molecule has 7 heteroatoms. The molecule has 1 aromatic carbocycles. The van der Waals surface area contributed by atoms with E-state index in [2.05, 4.69) is 5.32 Å². The highest BCUT2D eigenvalue weighted by Gasteiger charge is 2.28. The molecular weight excluding hydrogens is 241 g/mol. The molecule has 0 atom stereocenters. The third kappa shape index (κ3) is 2.45. The summed E-state index contributed by atoms with van der Waals surface area (Å²) in [6, 6.07) is 2.85. The third-order valence-corrected chi connectivity index (χ3v) is 2.92. The Morgan fingerprint density at radius 1 is 1.50 bits per heavy atom. The van der Waals surface area contributed by atoms with E-state index in [1.807, 2.05) is 0 Å². The summed E-state index contributed by atoms with van der Waals surface area (Å²) in [6.07, 6.45) is 1.28. The lowest BCUT2D eigenvalue weighted by atomic mass is 9.87. The Bertz CT molecular complexity index is 500. The second-order valence-corrected chi connectivity index (χ2v) is 4.32. The molecule has 1 aromatic rings. The zero-order valence-corrected chi connectivity index (χ0v) is 9.43. The Labute approximate surface area is 102 Å². The Balaban J connectivity index is 2.13. The van der Waals surface area contributed by atoms with Crippen molar-refractivity contribution in [1.82, 2.24) is 5.32 Å². The van der Waals surface area contributed by atoms with E-state index in [1.54, 1.807) is 0 Å². The van der Waals surface area contributed by atoms with E-state index in [1.165, 1.54) is 0 Å². The van der Waals surface area contributed by atoms with E-state index >= 15 is 0 Å². The molecule has 1 aliphatic rings. The average Bonchev–Trinajstić information content (AvgIpc) is 2.27. The predicted molar refractivity (Wildman–Crippen MR) is 61.5 cm³/mol. The van der Waals surface area contributed by atoms with Crippen LogP contribution in [-0.2, 0) is 0 Å². The van der Waals surface area contributed by atoms with Crippen LogP contribution in [-0.4, -0.2) is 22.9 Å². The van der Waals surface area contributed by atoms with Gasteiger partial charge in [-0.05, 0) is 18.9 Å². The van der Waals surface area contributed by atoms with Crippen molar-refractivity contribution in [2.75, 3.05) is 0 Å². The normalized spacial score (nSPS) is 22.1. The Kier molecular flexibility index (Phi) is 3.24. The van der Waals surface area contributed by atoms with E-state index in [0.29, 0.717) is 12.8 Å². The van der Waals surface area contributed by atoms with Crippen LogP contribution in [0.3, 0.4) is 0 Å². The van der Waals surface area contributed by atoms with Crippen LogP contribution in [0.25, 0.3) is 0 Å². The lowest BCUT2D eigenvalue weighted by molar-refractivity contribution is -0.384. The van der Waals surface area contributed by atoms with Crippen LogP contribution >= 0.6 is 0 Å². The third-order valence-electron chi connectivity index (χ3n) is 2.92. The van der Waals surface area contributed by atoms with Crippen LogP contribution < -0.4 is 11.1 Å². The van der Waals surface area contributed by atoms with Crippen LogP contribution in [0.5, 0.6) is 0 Å². The number of benzene rings is 1. The number of rotatable bonds is 3. The largest absolute Gasteiger partial charge is 0.349 e. The van der Waals surface area contributed by atoms with E-state index in [4.69, 9.17) is 5.73 Å². The van der Waals surface area contributed by atoms with Gasteiger partial charge in [-0.2, -0.15) is 0 Å². The second kappa shape index (κ2) is 4.69. The minimum Gasteiger partial charge on any atom is -0.349 e. The van der Waals surface area contributed by atoms with Gasteiger partial charge in [0, 0.05) is 24.2 Å². The molecule has 0 saturated heterocycles. The Hall–Kier alpha value is -2.02. The number of nitrogens with two attached hydrogens (primary N) is 1. The van der Waals surface area contributed by atoms with Gasteiger partial charge < -0.3 is 11.1 Å². The Morgan fingerprint density at radius 2 is 2.17 bits per heavy atom. The number of hydrogen-bond donors (Lipinski definition) is 2. The highest BCUT2D eigenvalue weighted by atomic mass is 19.1. The summed E-state index contributed by atoms with van der Waals surface area (Å²) < 4.78 is 13.4. The number of amides is 1. The van der Waals surface area contributed by atoms with Gasteiger partial charge in [-0.1, -0.05) is 0 Å². The number of carbonyl (C=O) groups is 1. The van der Waals surface area contributed by atoms with Gasteiger partial charge in [0.15, 0.2) is 0 Å². The molecule has 0 aliphatic heterocycles. The minimum absolute atomic E-state index is 0.0604. The van der Waals surface area contributed by atoms with Crippen molar-refractivity contribution in [3.63, 3.8) is 0 Å². The van der Waals surface area contributed by atoms with Crippen molar-refractivity contribution in [3.8, 4) is 0 Å². The fourth-order valence-electron chi connectivity index (χ4n) is 1.84. The monoisotopic (exact) mass is 253 g/mol. The molecule has 2 rings (SSSR count). The minimum atomic E-state index is -0.776. The summed E-state index contributed by atoms with van der Waals surface area (Å²) in [5, 5.41) is 13.1. The molecule has 3 N–H and O–H groups in total. The van der Waals surface area contributed by atoms with Gasteiger partial charge in [0.1, 0.15) is 5.82 Å². The predicted octanol–water partition coefficient (Wildman–Crippen LogP) is 0.953. The fourth-order valence-corrected chi connectivity index (χ4v) is 1.84. The van der Waals surface area contributed by atoms with E-state index < -0.39 is 16.6 Å². The second-order valence-electron chi connectivity index (χ2n) is 4.32. The molecule has 0 bridgehead atoms. The first-order chi connectivity index (χ1) is 8.47. The fraction of sp³-hybridized carbons (Fsp3) is 0.364. The van der Waals surface area contributed by atoms with Gasteiger partial charge in [0.2, 0.25) is 0 Å². The number of halogens is 1. The molecule has 18 heavy (non-hydrogen) atoms. The van der Waals surface area contributed by atoms with Crippen LogP contribution in [0.1, 0.15) is 23.2 Å². The number of nitrogens with one attached hydrogen (secondary N) is 1. The van der Waals surface area contributed by atoms with Gasteiger partial charge in [-0.15, -0.1) is 0 Å². The summed E-state index contributed by atoms with van der Waals surface area (Å²) in [7, 11) is 0. The van der Waals surface area contributed by atoms with Gasteiger partial charge in [-0.25, -0.2) is 4.39 Å².